The summed E-state index contributed by atoms with van der Waals surface area (Å²) in [6, 6.07) is 11.6. The van der Waals surface area contributed by atoms with Crippen molar-refractivity contribution in [3.63, 3.8) is 0 Å². The first-order valence-electron chi connectivity index (χ1n) is 7.93. The van der Waals surface area contributed by atoms with E-state index < -0.39 is 0 Å². The number of carbonyl (C=O) groups is 1. The summed E-state index contributed by atoms with van der Waals surface area (Å²) in [5, 5.41) is 3.37. The van der Waals surface area contributed by atoms with Crippen molar-refractivity contribution in [3.05, 3.63) is 53.9 Å². The van der Waals surface area contributed by atoms with Crippen LogP contribution in [0.15, 0.2) is 42.6 Å². The Morgan fingerprint density at radius 2 is 1.96 bits per heavy atom. The maximum absolute atomic E-state index is 12.8. The molecule has 1 N–H and O–H groups in total. The minimum absolute atomic E-state index is 0.0668. The number of hydrogen-bond donors (Lipinski definition) is 1. The van der Waals surface area contributed by atoms with Gasteiger partial charge in [0.2, 0.25) is 0 Å². The first kappa shape index (κ1) is 17.0. The number of nitrogens with zero attached hydrogens (tertiary/aromatic N) is 2. The van der Waals surface area contributed by atoms with E-state index in [2.05, 4.69) is 31.1 Å². The van der Waals surface area contributed by atoms with E-state index in [1.54, 1.807) is 11.1 Å². The zero-order valence-corrected chi connectivity index (χ0v) is 14.6. The van der Waals surface area contributed by atoms with Crippen LogP contribution >= 0.6 is 0 Å². The smallest absolute Gasteiger partial charge is 0.276 e. The standard InChI is InChI=1S/C19H25N3O/c1-6-22(16-9-7-8-14(2)12-16)18(23)17-13-15(10-11-20-17)21-19(3,4)5/h7-13H,6H2,1-5H3,(H,20,21). The largest absolute Gasteiger partial charge is 0.380 e. The van der Waals surface area contributed by atoms with Gasteiger partial charge in [0.05, 0.1) is 0 Å². The molecule has 0 saturated heterocycles. The van der Waals surface area contributed by atoms with Crippen LogP contribution in [0, 0.1) is 6.92 Å². The van der Waals surface area contributed by atoms with E-state index in [0.29, 0.717) is 12.2 Å². The molecule has 0 unspecified atom stereocenters. The number of amides is 1. The molecule has 1 aromatic heterocycles. The van der Waals surface area contributed by atoms with Crippen molar-refractivity contribution in [3.8, 4) is 0 Å². The molecule has 4 heteroatoms. The molecule has 2 rings (SSSR count). The first-order valence-corrected chi connectivity index (χ1v) is 7.93. The van der Waals surface area contributed by atoms with Gasteiger partial charge in [0.25, 0.3) is 5.91 Å². The topological polar surface area (TPSA) is 45.2 Å². The van der Waals surface area contributed by atoms with Crippen LogP contribution in [0.5, 0.6) is 0 Å². The highest BCUT2D eigenvalue weighted by Gasteiger charge is 2.18. The van der Waals surface area contributed by atoms with Crippen LogP contribution in [0.4, 0.5) is 11.4 Å². The summed E-state index contributed by atoms with van der Waals surface area (Å²) in [4.78, 5) is 18.8. The van der Waals surface area contributed by atoms with Gasteiger partial charge >= 0.3 is 0 Å². The van der Waals surface area contributed by atoms with Gasteiger partial charge in [-0.3, -0.25) is 9.78 Å². The van der Waals surface area contributed by atoms with Gasteiger partial charge < -0.3 is 10.2 Å². The lowest BCUT2D eigenvalue weighted by molar-refractivity contribution is 0.0983. The van der Waals surface area contributed by atoms with Crippen molar-refractivity contribution in [2.24, 2.45) is 0 Å². The number of nitrogens with one attached hydrogen (secondary N) is 1. The summed E-state index contributed by atoms with van der Waals surface area (Å²) in [5.74, 6) is -0.0874. The fourth-order valence-corrected chi connectivity index (χ4v) is 2.44. The fourth-order valence-electron chi connectivity index (χ4n) is 2.44. The number of aromatic nitrogens is 1. The molecule has 0 aliphatic carbocycles. The second-order valence-corrected chi connectivity index (χ2v) is 6.69. The highest BCUT2D eigenvalue weighted by Crippen LogP contribution is 2.20. The molecule has 1 amide bonds. The van der Waals surface area contributed by atoms with Gasteiger partial charge in [0.1, 0.15) is 5.69 Å². The molecule has 0 spiro atoms. The van der Waals surface area contributed by atoms with E-state index in [4.69, 9.17) is 0 Å². The van der Waals surface area contributed by atoms with Crippen LogP contribution in [0.3, 0.4) is 0 Å². The second-order valence-electron chi connectivity index (χ2n) is 6.69. The molecule has 1 heterocycles. The maximum atomic E-state index is 12.8. The molecule has 0 atom stereocenters. The van der Waals surface area contributed by atoms with Gasteiger partial charge in [0, 0.05) is 29.7 Å². The van der Waals surface area contributed by atoms with Crippen molar-refractivity contribution in [1.82, 2.24) is 4.98 Å². The summed E-state index contributed by atoms with van der Waals surface area (Å²) in [7, 11) is 0. The Morgan fingerprint density at radius 3 is 2.57 bits per heavy atom. The van der Waals surface area contributed by atoms with E-state index in [-0.39, 0.29) is 11.4 Å². The lowest BCUT2D eigenvalue weighted by atomic mass is 10.1. The Balaban J connectivity index is 2.29. The lowest BCUT2D eigenvalue weighted by Crippen LogP contribution is -2.31. The average Bonchev–Trinajstić information content (AvgIpc) is 2.46. The summed E-state index contributed by atoms with van der Waals surface area (Å²) in [6.45, 7) is 10.8. The monoisotopic (exact) mass is 311 g/mol. The molecular weight excluding hydrogens is 286 g/mol. The molecule has 0 fully saturated rings. The van der Waals surface area contributed by atoms with Crippen LogP contribution < -0.4 is 10.2 Å². The molecule has 122 valence electrons. The SMILES string of the molecule is CCN(C(=O)c1cc(NC(C)(C)C)ccn1)c1cccc(C)c1. The molecule has 23 heavy (non-hydrogen) atoms. The van der Waals surface area contributed by atoms with E-state index in [1.807, 2.05) is 50.2 Å². The summed E-state index contributed by atoms with van der Waals surface area (Å²) in [5.41, 5.74) is 3.31. The molecule has 4 nitrogen and oxygen atoms in total. The molecule has 0 radical (unpaired) electrons. The minimum atomic E-state index is -0.0874. The normalized spacial score (nSPS) is 11.2. The number of aryl methyl sites for hydroxylation is 1. The van der Waals surface area contributed by atoms with Crippen LogP contribution in [-0.2, 0) is 0 Å². The maximum Gasteiger partial charge on any atom is 0.276 e. The van der Waals surface area contributed by atoms with E-state index >= 15 is 0 Å². The van der Waals surface area contributed by atoms with Crippen molar-refractivity contribution >= 4 is 17.3 Å². The number of pyridine rings is 1. The van der Waals surface area contributed by atoms with Crippen molar-refractivity contribution in [2.45, 2.75) is 40.2 Å². The quantitative estimate of drug-likeness (QED) is 0.917. The Kier molecular flexibility index (Phi) is 5.04. The Bertz CT molecular complexity index is 689. The zero-order valence-electron chi connectivity index (χ0n) is 14.6. The zero-order chi connectivity index (χ0) is 17.0. The summed E-state index contributed by atoms with van der Waals surface area (Å²) in [6.07, 6.45) is 1.67. The van der Waals surface area contributed by atoms with Gasteiger partial charge in [-0.1, -0.05) is 12.1 Å². The molecular formula is C19H25N3O. The first-order chi connectivity index (χ1) is 10.8. The van der Waals surface area contributed by atoms with Crippen LogP contribution in [0.25, 0.3) is 0 Å². The number of hydrogen-bond acceptors (Lipinski definition) is 3. The minimum Gasteiger partial charge on any atom is -0.380 e. The molecule has 0 bridgehead atoms. The Hall–Kier alpha value is -2.36. The summed E-state index contributed by atoms with van der Waals surface area (Å²) >= 11 is 0. The van der Waals surface area contributed by atoms with Gasteiger partial charge in [-0.2, -0.15) is 0 Å². The summed E-state index contributed by atoms with van der Waals surface area (Å²) < 4.78 is 0. The lowest BCUT2D eigenvalue weighted by Gasteiger charge is -2.24. The van der Waals surface area contributed by atoms with E-state index in [1.165, 1.54) is 0 Å². The third-order valence-corrected chi connectivity index (χ3v) is 3.37. The third kappa shape index (κ3) is 4.55. The Labute approximate surface area is 138 Å². The number of rotatable bonds is 4. The van der Waals surface area contributed by atoms with Crippen molar-refractivity contribution in [1.29, 1.82) is 0 Å². The predicted molar refractivity (Wildman–Crippen MR) is 96.1 cm³/mol. The predicted octanol–water partition coefficient (Wildman–Crippen LogP) is 4.27. The average molecular weight is 311 g/mol. The van der Waals surface area contributed by atoms with Crippen molar-refractivity contribution < 1.29 is 4.79 Å². The molecule has 0 saturated carbocycles. The molecule has 2 aromatic rings. The van der Waals surface area contributed by atoms with Crippen LogP contribution in [0.1, 0.15) is 43.7 Å². The number of anilines is 2. The van der Waals surface area contributed by atoms with Crippen LogP contribution in [-0.4, -0.2) is 23.0 Å². The molecule has 1 aromatic carbocycles. The fraction of sp³-hybridized carbons (Fsp3) is 0.368. The van der Waals surface area contributed by atoms with Crippen molar-refractivity contribution in [2.75, 3.05) is 16.8 Å². The Morgan fingerprint density at radius 1 is 1.22 bits per heavy atom. The van der Waals surface area contributed by atoms with Gasteiger partial charge in [-0.15, -0.1) is 0 Å². The highest BCUT2D eigenvalue weighted by molar-refractivity contribution is 6.05. The second kappa shape index (κ2) is 6.82. The number of carbonyl (C=O) groups excluding carboxylic acids is 1. The van der Waals surface area contributed by atoms with E-state index in [0.717, 1.165) is 16.9 Å². The van der Waals surface area contributed by atoms with E-state index in [9.17, 15) is 4.79 Å². The molecule has 0 aliphatic heterocycles. The van der Waals surface area contributed by atoms with Gasteiger partial charge in [0.15, 0.2) is 0 Å². The van der Waals surface area contributed by atoms with Gasteiger partial charge in [-0.25, -0.2) is 0 Å². The van der Waals surface area contributed by atoms with Crippen LogP contribution in [0.2, 0.25) is 0 Å². The third-order valence-electron chi connectivity index (χ3n) is 3.37. The number of benzene rings is 1. The highest BCUT2D eigenvalue weighted by atomic mass is 16.2. The molecule has 0 aliphatic rings. The van der Waals surface area contributed by atoms with Gasteiger partial charge in [-0.05, 0) is 64.4 Å².